The smallest absolute Gasteiger partial charge is 0.180 e. The van der Waals surface area contributed by atoms with Gasteiger partial charge in [0, 0.05) is 17.6 Å². The molecule has 0 unspecified atom stereocenters. The summed E-state index contributed by atoms with van der Waals surface area (Å²) in [5, 5.41) is 4.09. The Kier molecular flexibility index (Phi) is 6.55. The van der Waals surface area contributed by atoms with Crippen LogP contribution in [0.15, 0.2) is 30.3 Å². The minimum absolute atomic E-state index is 0.0174. The molecule has 2 aromatic carbocycles. The molecule has 3 nitrogen and oxygen atoms in total. The van der Waals surface area contributed by atoms with Crippen LogP contribution < -0.4 is 14.8 Å². The Morgan fingerprint density at radius 1 is 1.12 bits per heavy atom. The van der Waals surface area contributed by atoms with Crippen LogP contribution >= 0.6 is 23.2 Å². The molecule has 0 saturated carbocycles. The largest absolute Gasteiger partial charge is 0.493 e. The number of benzene rings is 2. The summed E-state index contributed by atoms with van der Waals surface area (Å²) in [6, 6.07) is 8.16. The first-order valence-electron chi connectivity index (χ1n) is 7.88. The lowest BCUT2D eigenvalue weighted by atomic mass is 10.1. The van der Waals surface area contributed by atoms with Crippen molar-refractivity contribution in [3.63, 3.8) is 0 Å². The Labute approximate surface area is 158 Å². The highest BCUT2D eigenvalue weighted by Crippen LogP contribution is 2.37. The minimum atomic E-state index is -0.423. The van der Waals surface area contributed by atoms with E-state index in [2.05, 4.69) is 26.1 Å². The SMILES string of the molecule is COc1cc(CNC(C)(C)C)cc(Cl)c1OCc1c(F)cccc1Cl. The quantitative estimate of drug-likeness (QED) is 0.700. The van der Waals surface area contributed by atoms with Crippen molar-refractivity contribution in [3.05, 3.63) is 57.3 Å². The average Bonchev–Trinajstić information content (AvgIpc) is 2.52. The van der Waals surface area contributed by atoms with Crippen molar-refractivity contribution in [2.75, 3.05) is 7.11 Å². The highest BCUT2D eigenvalue weighted by Gasteiger charge is 2.16. The molecule has 0 aromatic heterocycles. The molecule has 2 rings (SSSR count). The molecule has 6 heteroatoms. The highest BCUT2D eigenvalue weighted by atomic mass is 35.5. The Bertz CT molecular complexity index is 725. The van der Waals surface area contributed by atoms with E-state index in [9.17, 15) is 4.39 Å². The number of nitrogens with one attached hydrogen (secondary N) is 1. The summed E-state index contributed by atoms with van der Waals surface area (Å²) < 4.78 is 25.0. The lowest BCUT2D eigenvalue weighted by Gasteiger charge is -2.21. The van der Waals surface area contributed by atoms with Crippen molar-refractivity contribution in [1.82, 2.24) is 5.32 Å². The van der Waals surface area contributed by atoms with Gasteiger partial charge in [-0.1, -0.05) is 29.3 Å². The van der Waals surface area contributed by atoms with Gasteiger partial charge in [-0.15, -0.1) is 0 Å². The maximum atomic E-state index is 13.9. The average molecular weight is 386 g/mol. The van der Waals surface area contributed by atoms with Crippen LogP contribution in [0.25, 0.3) is 0 Å². The summed E-state index contributed by atoms with van der Waals surface area (Å²) in [7, 11) is 1.54. The van der Waals surface area contributed by atoms with E-state index in [0.717, 1.165) is 5.56 Å². The minimum Gasteiger partial charge on any atom is -0.493 e. The van der Waals surface area contributed by atoms with Gasteiger partial charge in [0.05, 0.1) is 17.2 Å². The zero-order valence-corrected chi connectivity index (χ0v) is 16.3. The first-order chi connectivity index (χ1) is 11.7. The van der Waals surface area contributed by atoms with Gasteiger partial charge in [-0.2, -0.15) is 0 Å². The van der Waals surface area contributed by atoms with Crippen LogP contribution in [0.1, 0.15) is 31.9 Å². The van der Waals surface area contributed by atoms with E-state index in [4.69, 9.17) is 32.7 Å². The molecule has 0 saturated heterocycles. The Balaban J connectivity index is 2.20. The van der Waals surface area contributed by atoms with Gasteiger partial charge in [-0.25, -0.2) is 4.39 Å². The Morgan fingerprint density at radius 3 is 2.44 bits per heavy atom. The van der Waals surface area contributed by atoms with E-state index in [-0.39, 0.29) is 17.7 Å². The van der Waals surface area contributed by atoms with Crippen LogP contribution in [0.3, 0.4) is 0 Å². The summed E-state index contributed by atoms with van der Waals surface area (Å²) in [4.78, 5) is 0. The van der Waals surface area contributed by atoms with E-state index < -0.39 is 5.82 Å². The lowest BCUT2D eigenvalue weighted by molar-refractivity contribution is 0.279. The summed E-state index contributed by atoms with van der Waals surface area (Å²) in [6.45, 7) is 6.85. The second kappa shape index (κ2) is 8.26. The predicted octanol–water partition coefficient (Wildman–Crippen LogP) is 5.61. The van der Waals surface area contributed by atoms with Gasteiger partial charge >= 0.3 is 0 Å². The second-order valence-corrected chi connectivity index (χ2v) is 7.52. The van der Waals surface area contributed by atoms with Crippen LogP contribution in [-0.2, 0) is 13.2 Å². The monoisotopic (exact) mass is 385 g/mol. The molecule has 0 amide bonds. The summed E-state index contributed by atoms with van der Waals surface area (Å²) in [6.07, 6.45) is 0. The molecule has 0 fully saturated rings. The summed E-state index contributed by atoms with van der Waals surface area (Å²) in [5.74, 6) is 0.433. The van der Waals surface area contributed by atoms with Crippen molar-refractivity contribution < 1.29 is 13.9 Å². The van der Waals surface area contributed by atoms with E-state index in [1.165, 1.54) is 13.2 Å². The third kappa shape index (κ3) is 5.50. The van der Waals surface area contributed by atoms with Gasteiger partial charge in [0.15, 0.2) is 11.5 Å². The van der Waals surface area contributed by atoms with Crippen LogP contribution in [-0.4, -0.2) is 12.6 Å². The van der Waals surface area contributed by atoms with E-state index >= 15 is 0 Å². The number of ether oxygens (including phenoxy) is 2. The van der Waals surface area contributed by atoms with Gasteiger partial charge < -0.3 is 14.8 Å². The fourth-order valence-corrected chi connectivity index (χ4v) is 2.70. The van der Waals surface area contributed by atoms with Gasteiger partial charge in [-0.05, 0) is 50.6 Å². The first kappa shape index (κ1) is 19.8. The van der Waals surface area contributed by atoms with Crippen molar-refractivity contribution >= 4 is 23.2 Å². The normalized spacial score (nSPS) is 11.5. The second-order valence-electron chi connectivity index (χ2n) is 6.70. The standard InChI is InChI=1S/C19H22Cl2FNO2/c1-19(2,3)23-10-12-8-15(21)18(17(9-12)24-4)25-11-13-14(20)6-5-7-16(13)22/h5-9,23H,10-11H2,1-4H3. The van der Waals surface area contributed by atoms with Crippen LogP contribution in [0.5, 0.6) is 11.5 Å². The summed E-state index contributed by atoms with van der Waals surface area (Å²) in [5.41, 5.74) is 1.23. The number of methoxy groups -OCH3 is 1. The van der Waals surface area contributed by atoms with Crippen LogP contribution in [0.4, 0.5) is 4.39 Å². The maximum absolute atomic E-state index is 13.9. The highest BCUT2D eigenvalue weighted by molar-refractivity contribution is 6.32. The predicted molar refractivity (Wildman–Crippen MR) is 100 cm³/mol. The Hall–Kier alpha value is -1.49. The molecule has 0 radical (unpaired) electrons. The van der Waals surface area contributed by atoms with Crippen molar-refractivity contribution in [3.8, 4) is 11.5 Å². The molecule has 2 aromatic rings. The molecule has 25 heavy (non-hydrogen) atoms. The van der Waals surface area contributed by atoms with E-state index in [1.807, 2.05) is 6.07 Å². The summed E-state index contributed by atoms with van der Waals surface area (Å²) >= 11 is 12.4. The molecule has 0 bridgehead atoms. The van der Waals surface area contributed by atoms with Gasteiger partial charge in [0.25, 0.3) is 0 Å². The number of hydrogen-bond donors (Lipinski definition) is 1. The molecule has 0 atom stereocenters. The molecule has 136 valence electrons. The van der Waals surface area contributed by atoms with Crippen molar-refractivity contribution in [2.24, 2.45) is 0 Å². The molecule has 0 aliphatic heterocycles. The Morgan fingerprint density at radius 2 is 1.84 bits per heavy atom. The molecule has 0 spiro atoms. The third-order valence-corrected chi connectivity index (χ3v) is 4.17. The fraction of sp³-hybridized carbons (Fsp3) is 0.368. The zero-order valence-electron chi connectivity index (χ0n) is 14.8. The molecule has 1 N–H and O–H groups in total. The van der Waals surface area contributed by atoms with Gasteiger partial charge in [0.2, 0.25) is 0 Å². The fourth-order valence-electron chi connectivity index (χ4n) is 2.20. The zero-order chi connectivity index (χ0) is 18.6. The molecule has 0 aliphatic carbocycles. The number of halogens is 3. The number of rotatable bonds is 6. The molecule has 0 heterocycles. The molecular weight excluding hydrogens is 364 g/mol. The first-order valence-corrected chi connectivity index (χ1v) is 8.64. The maximum Gasteiger partial charge on any atom is 0.180 e. The van der Waals surface area contributed by atoms with E-state index in [1.54, 1.807) is 18.2 Å². The van der Waals surface area contributed by atoms with Crippen molar-refractivity contribution in [1.29, 1.82) is 0 Å². The van der Waals surface area contributed by atoms with Crippen molar-refractivity contribution in [2.45, 2.75) is 39.5 Å². The van der Waals surface area contributed by atoms with Crippen LogP contribution in [0.2, 0.25) is 10.0 Å². The third-order valence-electron chi connectivity index (χ3n) is 3.53. The van der Waals surface area contributed by atoms with Gasteiger partial charge in [-0.3, -0.25) is 0 Å². The van der Waals surface area contributed by atoms with Gasteiger partial charge in [0.1, 0.15) is 12.4 Å². The van der Waals surface area contributed by atoms with E-state index in [0.29, 0.717) is 28.1 Å². The molecule has 0 aliphatic rings. The van der Waals surface area contributed by atoms with Crippen LogP contribution in [0, 0.1) is 5.82 Å². The topological polar surface area (TPSA) is 30.5 Å². The number of hydrogen-bond acceptors (Lipinski definition) is 3. The lowest BCUT2D eigenvalue weighted by Crippen LogP contribution is -2.35. The molecular formula is C19H22Cl2FNO2.